The highest BCUT2D eigenvalue weighted by Gasteiger charge is 2.22. The Balaban J connectivity index is 1.57. The van der Waals surface area contributed by atoms with Crippen LogP contribution in [0.25, 0.3) is 0 Å². The van der Waals surface area contributed by atoms with Gasteiger partial charge in [0.05, 0.1) is 0 Å². The molecule has 0 aliphatic carbocycles. The van der Waals surface area contributed by atoms with Crippen molar-refractivity contribution in [2.45, 2.75) is 0 Å². The van der Waals surface area contributed by atoms with Crippen molar-refractivity contribution >= 4 is 34.8 Å². The molecule has 1 aliphatic heterocycles. The number of amides is 2. The van der Waals surface area contributed by atoms with Gasteiger partial charge in [0.2, 0.25) is 5.91 Å². The predicted molar refractivity (Wildman–Crippen MR) is 100 cm³/mol. The first-order valence-electron chi connectivity index (χ1n) is 8.22. The van der Waals surface area contributed by atoms with Gasteiger partial charge in [-0.2, -0.15) is 0 Å². The number of anilines is 2. The molecule has 0 spiro atoms. The van der Waals surface area contributed by atoms with E-state index in [-0.39, 0.29) is 17.7 Å². The summed E-state index contributed by atoms with van der Waals surface area (Å²) in [6.07, 6.45) is 0. The van der Waals surface area contributed by atoms with Crippen molar-refractivity contribution in [3.05, 3.63) is 60.2 Å². The Hall–Kier alpha value is -2.53. The van der Waals surface area contributed by atoms with Crippen LogP contribution in [-0.2, 0) is 4.79 Å². The molecule has 3 rings (SSSR count). The predicted octanol–water partition coefficient (Wildman–Crippen LogP) is 2.83. The minimum absolute atomic E-state index is 0.0564. The topological polar surface area (TPSA) is 52.7 Å². The maximum Gasteiger partial charge on any atom is 0.253 e. The first-order valence-corrected chi connectivity index (χ1v) is 8.76. The van der Waals surface area contributed by atoms with Crippen molar-refractivity contribution in [3.63, 3.8) is 0 Å². The summed E-state index contributed by atoms with van der Waals surface area (Å²) >= 11 is 5.49. The van der Waals surface area contributed by atoms with Crippen molar-refractivity contribution < 1.29 is 9.59 Å². The number of alkyl halides is 1. The molecule has 1 saturated heterocycles. The van der Waals surface area contributed by atoms with E-state index in [1.165, 1.54) is 0 Å². The second-order valence-corrected chi connectivity index (χ2v) is 6.14. The van der Waals surface area contributed by atoms with Crippen molar-refractivity contribution in [3.8, 4) is 0 Å². The lowest BCUT2D eigenvalue weighted by Gasteiger charge is -2.36. The summed E-state index contributed by atoms with van der Waals surface area (Å²) in [5, 5.41) is 2.72. The van der Waals surface area contributed by atoms with E-state index in [1.54, 1.807) is 0 Å². The number of halogens is 1. The van der Waals surface area contributed by atoms with Crippen LogP contribution in [0.5, 0.6) is 0 Å². The second kappa shape index (κ2) is 8.03. The van der Waals surface area contributed by atoms with Crippen molar-refractivity contribution in [1.29, 1.82) is 0 Å². The lowest BCUT2D eigenvalue weighted by atomic mass is 10.1. The molecule has 1 N–H and O–H groups in total. The monoisotopic (exact) mass is 357 g/mol. The normalized spacial score (nSPS) is 14.3. The maximum atomic E-state index is 12.5. The lowest BCUT2D eigenvalue weighted by molar-refractivity contribution is -0.113. The molecule has 1 aliphatic rings. The van der Waals surface area contributed by atoms with Gasteiger partial charge in [0.1, 0.15) is 5.88 Å². The van der Waals surface area contributed by atoms with Crippen LogP contribution in [0.15, 0.2) is 54.6 Å². The molecule has 25 heavy (non-hydrogen) atoms. The third kappa shape index (κ3) is 4.31. The number of nitrogens with zero attached hydrogens (tertiary/aromatic N) is 2. The first-order chi connectivity index (χ1) is 12.2. The Morgan fingerprint density at radius 1 is 0.920 bits per heavy atom. The fourth-order valence-corrected chi connectivity index (χ4v) is 2.95. The van der Waals surface area contributed by atoms with Crippen LogP contribution in [0, 0.1) is 0 Å². The van der Waals surface area contributed by atoms with Crippen LogP contribution in [-0.4, -0.2) is 48.8 Å². The van der Waals surface area contributed by atoms with E-state index in [9.17, 15) is 9.59 Å². The average molecular weight is 358 g/mol. The molecule has 130 valence electrons. The molecule has 0 unspecified atom stereocenters. The summed E-state index contributed by atoms with van der Waals surface area (Å²) in [4.78, 5) is 27.9. The van der Waals surface area contributed by atoms with E-state index >= 15 is 0 Å². The molecule has 1 fully saturated rings. The molecule has 6 heteroatoms. The number of hydrogen-bond acceptors (Lipinski definition) is 3. The number of hydrogen-bond donors (Lipinski definition) is 1. The van der Waals surface area contributed by atoms with Gasteiger partial charge >= 0.3 is 0 Å². The van der Waals surface area contributed by atoms with Gasteiger partial charge in [-0.1, -0.05) is 18.2 Å². The van der Waals surface area contributed by atoms with Gasteiger partial charge in [-0.3, -0.25) is 9.59 Å². The standard InChI is InChI=1S/C19H20ClN3O2/c20-14-18(24)21-16-6-8-17(9-7-16)22-10-12-23(13-11-22)19(25)15-4-2-1-3-5-15/h1-9H,10-14H2,(H,21,24). The molecule has 5 nitrogen and oxygen atoms in total. The summed E-state index contributed by atoms with van der Waals surface area (Å²) in [5.41, 5.74) is 2.54. The minimum atomic E-state index is -0.220. The number of carbonyl (C=O) groups excluding carboxylic acids is 2. The molecular formula is C19H20ClN3O2. The van der Waals surface area contributed by atoms with Crippen LogP contribution in [0.1, 0.15) is 10.4 Å². The zero-order chi connectivity index (χ0) is 17.6. The van der Waals surface area contributed by atoms with Gasteiger partial charge < -0.3 is 15.1 Å². The number of rotatable bonds is 4. The Morgan fingerprint density at radius 2 is 1.56 bits per heavy atom. The summed E-state index contributed by atoms with van der Waals surface area (Å²) in [6.45, 7) is 2.95. The highest BCUT2D eigenvalue weighted by atomic mass is 35.5. The summed E-state index contributed by atoms with van der Waals surface area (Å²) in [7, 11) is 0. The van der Waals surface area contributed by atoms with Crippen LogP contribution in [0.3, 0.4) is 0 Å². The average Bonchev–Trinajstić information content (AvgIpc) is 2.69. The van der Waals surface area contributed by atoms with E-state index in [2.05, 4.69) is 10.2 Å². The second-order valence-electron chi connectivity index (χ2n) is 5.87. The van der Waals surface area contributed by atoms with E-state index in [4.69, 9.17) is 11.6 Å². The molecule has 0 atom stereocenters. The van der Waals surface area contributed by atoms with Crippen LogP contribution in [0.2, 0.25) is 0 Å². The smallest absolute Gasteiger partial charge is 0.253 e. The van der Waals surface area contributed by atoms with Gasteiger partial charge in [0.25, 0.3) is 5.91 Å². The van der Waals surface area contributed by atoms with Crippen molar-refractivity contribution in [2.24, 2.45) is 0 Å². The van der Waals surface area contributed by atoms with Crippen molar-refractivity contribution in [2.75, 3.05) is 42.3 Å². The third-order valence-electron chi connectivity index (χ3n) is 4.23. The van der Waals surface area contributed by atoms with E-state index < -0.39 is 0 Å². The van der Waals surface area contributed by atoms with Crippen molar-refractivity contribution in [1.82, 2.24) is 4.90 Å². The summed E-state index contributed by atoms with van der Waals surface area (Å²) in [5.74, 6) is -0.194. The first kappa shape index (κ1) is 17.3. The Labute approximate surface area is 152 Å². The number of nitrogens with one attached hydrogen (secondary N) is 1. The summed E-state index contributed by atoms with van der Waals surface area (Å²) in [6, 6.07) is 17.0. The van der Waals surface area contributed by atoms with Gasteiger partial charge in [0, 0.05) is 43.1 Å². The molecule has 0 bridgehead atoms. The van der Waals surface area contributed by atoms with Gasteiger partial charge in [0.15, 0.2) is 0 Å². The zero-order valence-electron chi connectivity index (χ0n) is 13.8. The van der Waals surface area contributed by atoms with Gasteiger partial charge in [-0.15, -0.1) is 11.6 Å². The highest BCUT2D eigenvalue weighted by molar-refractivity contribution is 6.29. The highest BCUT2D eigenvalue weighted by Crippen LogP contribution is 2.20. The largest absolute Gasteiger partial charge is 0.368 e. The quantitative estimate of drug-likeness (QED) is 0.856. The molecule has 2 aromatic rings. The Kier molecular flexibility index (Phi) is 5.56. The maximum absolute atomic E-state index is 12.5. The van der Waals surface area contributed by atoms with E-state index in [1.807, 2.05) is 59.5 Å². The number of benzene rings is 2. The zero-order valence-corrected chi connectivity index (χ0v) is 14.6. The Bertz CT molecular complexity index is 726. The fraction of sp³-hybridized carbons (Fsp3) is 0.263. The molecule has 1 heterocycles. The molecule has 0 saturated carbocycles. The lowest BCUT2D eigenvalue weighted by Crippen LogP contribution is -2.48. The molecular weight excluding hydrogens is 338 g/mol. The van der Waals surface area contributed by atoms with E-state index in [0.717, 1.165) is 30.0 Å². The van der Waals surface area contributed by atoms with Crippen LogP contribution < -0.4 is 10.2 Å². The Morgan fingerprint density at radius 3 is 2.16 bits per heavy atom. The molecule has 0 aromatic heterocycles. The SMILES string of the molecule is O=C(CCl)Nc1ccc(N2CCN(C(=O)c3ccccc3)CC2)cc1. The van der Waals surface area contributed by atoms with E-state index in [0.29, 0.717) is 13.1 Å². The number of piperazine rings is 1. The minimum Gasteiger partial charge on any atom is -0.368 e. The molecule has 0 radical (unpaired) electrons. The van der Waals surface area contributed by atoms with Crippen LogP contribution in [0.4, 0.5) is 11.4 Å². The molecule has 2 amide bonds. The molecule has 2 aromatic carbocycles. The third-order valence-corrected chi connectivity index (χ3v) is 4.47. The van der Waals surface area contributed by atoms with Crippen LogP contribution >= 0.6 is 11.6 Å². The fourth-order valence-electron chi connectivity index (χ4n) is 2.88. The van der Waals surface area contributed by atoms with Gasteiger partial charge in [-0.25, -0.2) is 0 Å². The van der Waals surface area contributed by atoms with Gasteiger partial charge in [-0.05, 0) is 36.4 Å². The summed E-state index contributed by atoms with van der Waals surface area (Å²) < 4.78 is 0. The number of carbonyl (C=O) groups is 2.